The molecule has 0 amide bonds. The number of aliphatic hydroxyl groups is 1. The molecule has 2 heteroatoms. The molecule has 60 valence electrons. The molecule has 0 unspecified atom stereocenters. The number of hydrogen-bond donors (Lipinski definition) is 2. The molecular formula is C9H13NO. The molecule has 0 aliphatic heterocycles. The first-order chi connectivity index (χ1) is 5.12. The summed E-state index contributed by atoms with van der Waals surface area (Å²) in [5.41, 5.74) is 4.85. The maximum absolute atomic E-state index is 9.57. The highest BCUT2D eigenvalue weighted by molar-refractivity contribution is 5.29. The first kappa shape index (κ1) is 7.15. The van der Waals surface area contributed by atoms with Gasteiger partial charge >= 0.3 is 0 Å². The molecule has 2 aliphatic carbocycles. The van der Waals surface area contributed by atoms with Gasteiger partial charge in [-0.15, -0.1) is 0 Å². The van der Waals surface area contributed by atoms with Crippen molar-refractivity contribution in [1.29, 1.82) is 0 Å². The highest BCUT2D eigenvalue weighted by Crippen LogP contribution is 2.34. The third kappa shape index (κ3) is 1.40. The molecule has 0 radical (unpaired) electrons. The third-order valence-corrected chi connectivity index (χ3v) is 2.51. The van der Waals surface area contributed by atoms with Crippen LogP contribution in [0.15, 0.2) is 0 Å². The van der Waals surface area contributed by atoms with Crippen LogP contribution in [0.2, 0.25) is 0 Å². The van der Waals surface area contributed by atoms with Crippen molar-refractivity contribution >= 4 is 0 Å². The Balaban J connectivity index is 2.00. The third-order valence-electron chi connectivity index (χ3n) is 2.51. The van der Waals surface area contributed by atoms with Gasteiger partial charge in [0.15, 0.2) is 0 Å². The zero-order valence-corrected chi connectivity index (χ0v) is 6.56. The molecule has 0 aromatic carbocycles. The van der Waals surface area contributed by atoms with E-state index in [1.165, 1.54) is 0 Å². The molecule has 2 aliphatic rings. The number of rotatable bonds is 0. The van der Waals surface area contributed by atoms with Crippen molar-refractivity contribution in [2.24, 2.45) is 5.73 Å². The molecule has 2 nitrogen and oxygen atoms in total. The summed E-state index contributed by atoms with van der Waals surface area (Å²) in [6.07, 6.45) is 4.75. The monoisotopic (exact) mass is 151 g/mol. The van der Waals surface area contributed by atoms with E-state index < -0.39 is 5.60 Å². The standard InChI is InChI=1S/C9H13NO/c10-8(4-5-8)6-7-9(11)2-1-3-9/h11H,1-5,10H2. The van der Waals surface area contributed by atoms with Crippen molar-refractivity contribution in [2.75, 3.05) is 0 Å². The minimum atomic E-state index is -0.672. The Labute approximate surface area is 66.8 Å². The summed E-state index contributed by atoms with van der Waals surface area (Å²) >= 11 is 0. The van der Waals surface area contributed by atoms with E-state index in [4.69, 9.17) is 5.73 Å². The zero-order valence-electron chi connectivity index (χ0n) is 6.56. The van der Waals surface area contributed by atoms with Gasteiger partial charge in [-0.25, -0.2) is 0 Å². The summed E-state index contributed by atoms with van der Waals surface area (Å²) in [4.78, 5) is 0. The first-order valence-corrected chi connectivity index (χ1v) is 4.18. The molecule has 2 fully saturated rings. The molecule has 2 rings (SSSR count). The molecule has 3 N–H and O–H groups in total. The Kier molecular flexibility index (Phi) is 1.30. The Morgan fingerprint density at radius 1 is 1.09 bits per heavy atom. The van der Waals surface area contributed by atoms with Gasteiger partial charge in [-0.05, 0) is 32.1 Å². The van der Waals surface area contributed by atoms with E-state index in [0.29, 0.717) is 0 Å². The van der Waals surface area contributed by atoms with Gasteiger partial charge in [-0.2, -0.15) is 0 Å². The molecule has 2 saturated carbocycles. The van der Waals surface area contributed by atoms with Crippen LogP contribution in [0, 0.1) is 11.8 Å². The Hall–Kier alpha value is -0.520. The molecule has 0 aromatic rings. The van der Waals surface area contributed by atoms with E-state index in [-0.39, 0.29) is 5.54 Å². The smallest absolute Gasteiger partial charge is 0.125 e. The van der Waals surface area contributed by atoms with Gasteiger partial charge in [0, 0.05) is 0 Å². The predicted molar refractivity (Wildman–Crippen MR) is 42.7 cm³/mol. The average Bonchev–Trinajstić information content (AvgIpc) is 2.61. The van der Waals surface area contributed by atoms with E-state index >= 15 is 0 Å². The van der Waals surface area contributed by atoms with Gasteiger partial charge in [0.2, 0.25) is 0 Å². The van der Waals surface area contributed by atoms with Gasteiger partial charge < -0.3 is 10.8 Å². The summed E-state index contributed by atoms with van der Waals surface area (Å²) in [7, 11) is 0. The van der Waals surface area contributed by atoms with Crippen molar-refractivity contribution in [1.82, 2.24) is 0 Å². The summed E-state index contributed by atoms with van der Waals surface area (Å²) in [5.74, 6) is 5.83. The average molecular weight is 151 g/mol. The minimum Gasteiger partial charge on any atom is -0.378 e. The van der Waals surface area contributed by atoms with Crippen LogP contribution in [0.25, 0.3) is 0 Å². The van der Waals surface area contributed by atoms with Gasteiger partial charge in [0.05, 0.1) is 5.54 Å². The SMILES string of the molecule is NC1(C#CC2(O)CCC2)CC1. The summed E-state index contributed by atoms with van der Waals surface area (Å²) in [6.45, 7) is 0. The summed E-state index contributed by atoms with van der Waals surface area (Å²) < 4.78 is 0. The van der Waals surface area contributed by atoms with Crippen LogP contribution >= 0.6 is 0 Å². The van der Waals surface area contributed by atoms with E-state index in [1.807, 2.05) is 0 Å². The van der Waals surface area contributed by atoms with Crippen LogP contribution in [0.1, 0.15) is 32.1 Å². The molecule has 0 bridgehead atoms. The van der Waals surface area contributed by atoms with Crippen LogP contribution in [-0.2, 0) is 0 Å². The first-order valence-electron chi connectivity index (χ1n) is 4.18. The predicted octanol–water partition coefficient (Wildman–Crippen LogP) is 0.396. The second-order valence-corrected chi connectivity index (χ2v) is 3.79. The number of nitrogens with two attached hydrogens (primary N) is 1. The summed E-state index contributed by atoms with van der Waals surface area (Å²) in [6, 6.07) is 0. The van der Waals surface area contributed by atoms with Crippen LogP contribution < -0.4 is 5.73 Å². The molecule has 11 heavy (non-hydrogen) atoms. The second-order valence-electron chi connectivity index (χ2n) is 3.79. The van der Waals surface area contributed by atoms with Crippen molar-refractivity contribution < 1.29 is 5.11 Å². The fourth-order valence-electron chi connectivity index (χ4n) is 1.14. The lowest BCUT2D eigenvalue weighted by Gasteiger charge is -2.31. The minimum absolute atomic E-state index is 0.231. The molecule has 0 saturated heterocycles. The lowest BCUT2D eigenvalue weighted by molar-refractivity contribution is 0.0238. The molecule has 0 atom stereocenters. The number of hydrogen-bond acceptors (Lipinski definition) is 2. The van der Waals surface area contributed by atoms with E-state index in [9.17, 15) is 5.11 Å². The second kappa shape index (κ2) is 2.00. The molecule has 0 aromatic heterocycles. The normalized spacial score (nSPS) is 29.6. The van der Waals surface area contributed by atoms with Crippen molar-refractivity contribution in [2.45, 2.75) is 43.2 Å². The van der Waals surface area contributed by atoms with Crippen molar-refractivity contribution in [3.63, 3.8) is 0 Å². The topological polar surface area (TPSA) is 46.2 Å². The molecular weight excluding hydrogens is 138 g/mol. The molecule has 0 spiro atoms. The molecule has 0 heterocycles. The fourth-order valence-corrected chi connectivity index (χ4v) is 1.14. The van der Waals surface area contributed by atoms with Crippen LogP contribution in [-0.4, -0.2) is 16.2 Å². The Morgan fingerprint density at radius 2 is 1.73 bits per heavy atom. The van der Waals surface area contributed by atoms with Crippen LogP contribution in [0.4, 0.5) is 0 Å². The largest absolute Gasteiger partial charge is 0.378 e. The quantitative estimate of drug-likeness (QED) is 0.492. The van der Waals surface area contributed by atoms with E-state index in [2.05, 4.69) is 11.8 Å². The van der Waals surface area contributed by atoms with Crippen LogP contribution in [0.5, 0.6) is 0 Å². The lowest BCUT2D eigenvalue weighted by Crippen LogP contribution is -2.35. The fraction of sp³-hybridized carbons (Fsp3) is 0.778. The van der Waals surface area contributed by atoms with Gasteiger partial charge in [0.1, 0.15) is 5.60 Å². The highest BCUT2D eigenvalue weighted by atomic mass is 16.3. The zero-order chi connectivity index (χ0) is 7.95. The van der Waals surface area contributed by atoms with E-state index in [1.54, 1.807) is 0 Å². The van der Waals surface area contributed by atoms with Crippen molar-refractivity contribution in [3.8, 4) is 11.8 Å². The van der Waals surface area contributed by atoms with Crippen LogP contribution in [0.3, 0.4) is 0 Å². The Bertz CT molecular complexity index is 228. The van der Waals surface area contributed by atoms with Gasteiger partial charge in [-0.1, -0.05) is 11.8 Å². The maximum Gasteiger partial charge on any atom is 0.125 e. The Morgan fingerprint density at radius 3 is 2.09 bits per heavy atom. The maximum atomic E-state index is 9.57. The van der Waals surface area contributed by atoms with Crippen molar-refractivity contribution in [3.05, 3.63) is 0 Å². The van der Waals surface area contributed by atoms with Gasteiger partial charge in [-0.3, -0.25) is 0 Å². The lowest BCUT2D eigenvalue weighted by atomic mass is 9.81. The van der Waals surface area contributed by atoms with Gasteiger partial charge in [0.25, 0.3) is 0 Å². The van der Waals surface area contributed by atoms with E-state index in [0.717, 1.165) is 32.1 Å². The highest BCUT2D eigenvalue weighted by Gasteiger charge is 2.38. The summed E-state index contributed by atoms with van der Waals surface area (Å²) in [5, 5.41) is 9.57.